The van der Waals surface area contributed by atoms with Gasteiger partial charge >= 0.3 is 0 Å². The average molecular weight is 381 g/mol. The summed E-state index contributed by atoms with van der Waals surface area (Å²) in [5, 5.41) is 0. The van der Waals surface area contributed by atoms with E-state index < -0.39 is 10.0 Å². The lowest BCUT2D eigenvalue weighted by molar-refractivity contribution is 0.197. The highest BCUT2D eigenvalue weighted by Crippen LogP contribution is 2.26. The van der Waals surface area contributed by atoms with E-state index in [-0.39, 0.29) is 6.04 Å². The standard InChI is InChI=1S/C20H32N2O3S/c1-21-14-12-18(13-15-21)22(2)26(23,24)20-10-8-19(9-11-20)25-16-17-6-4-3-5-7-17/h8-11,17-18H,3-7,12-16H2,1-2H3. The van der Waals surface area contributed by atoms with E-state index in [0.29, 0.717) is 10.8 Å². The first kappa shape index (κ1) is 19.6. The Hall–Kier alpha value is -1.11. The summed E-state index contributed by atoms with van der Waals surface area (Å²) in [4.78, 5) is 2.60. The summed E-state index contributed by atoms with van der Waals surface area (Å²) in [5.41, 5.74) is 0. The number of rotatable bonds is 6. The Labute approximate surface area is 158 Å². The van der Waals surface area contributed by atoms with Gasteiger partial charge in [-0.25, -0.2) is 8.42 Å². The molecule has 1 saturated carbocycles. The van der Waals surface area contributed by atoms with Gasteiger partial charge in [0.15, 0.2) is 0 Å². The molecule has 0 bridgehead atoms. The van der Waals surface area contributed by atoms with Crippen molar-refractivity contribution in [1.82, 2.24) is 9.21 Å². The van der Waals surface area contributed by atoms with E-state index in [2.05, 4.69) is 11.9 Å². The largest absolute Gasteiger partial charge is 0.493 e. The molecule has 1 saturated heterocycles. The van der Waals surface area contributed by atoms with Gasteiger partial charge in [0.05, 0.1) is 11.5 Å². The summed E-state index contributed by atoms with van der Waals surface area (Å²) in [6.07, 6.45) is 8.20. The highest BCUT2D eigenvalue weighted by molar-refractivity contribution is 7.89. The van der Waals surface area contributed by atoms with Gasteiger partial charge in [-0.1, -0.05) is 19.3 Å². The van der Waals surface area contributed by atoms with Crippen LogP contribution in [-0.2, 0) is 10.0 Å². The second-order valence-electron chi connectivity index (χ2n) is 7.84. The lowest BCUT2D eigenvalue weighted by atomic mass is 9.90. The highest BCUT2D eigenvalue weighted by atomic mass is 32.2. The summed E-state index contributed by atoms with van der Waals surface area (Å²) in [5.74, 6) is 1.40. The maximum Gasteiger partial charge on any atom is 0.243 e. The number of nitrogens with zero attached hydrogens (tertiary/aromatic N) is 2. The summed E-state index contributed by atoms with van der Waals surface area (Å²) < 4.78 is 33.2. The quantitative estimate of drug-likeness (QED) is 0.759. The molecule has 2 fully saturated rings. The molecular formula is C20H32N2O3S. The van der Waals surface area contributed by atoms with Crippen molar-refractivity contribution in [1.29, 1.82) is 0 Å². The molecule has 5 nitrogen and oxygen atoms in total. The van der Waals surface area contributed by atoms with Crippen LogP contribution < -0.4 is 4.74 Å². The van der Waals surface area contributed by atoms with Gasteiger partial charge in [0.1, 0.15) is 5.75 Å². The Morgan fingerprint density at radius 2 is 1.65 bits per heavy atom. The number of likely N-dealkylation sites (tertiary alicyclic amines) is 1. The molecule has 3 rings (SSSR count). The molecule has 0 spiro atoms. The normalized spacial score (nSPS) is 21.2. The molecule has 0 radical (unpaired) electrons. The number of hydrogen-bond acceptors (Lipinski definition) is 4. The third kappa shape index (κ3) is 4.78. The fourth-order valence-corrected chi connectivity index (χ4v) is 5.41. The number of benzene rings is 1. The van der Waals surface area contributed by atoms with E-state index in [0.717, 1.165) is 38.3 Å². The van der Waals surface area contributed by atoms with Gasteiger partial charge in [-0.05, 0) is 76.0 Å². The Balaban J connectivity index is 1.59. The van der Waals surface area contributed by atoms with Crippen LogP contribution in [0.25, 0.3) is 0 Å². The third-order valence-electron chi connectivity index (χ3n) is 5.91. The van der Waals surface area contributed by atoms with Crippen LogP contribution in [0.2, 0.25) is 0 Å². The Morgan fingerprint density at radius 3 is 2.27 bits per heavy atom. The van der Waals surface area contributed by atoms with Crippen LogP contribution in [0.15, 0.2) is 29.2 Å². The minimum atomic E-state index is -3.45. The van der Waals surface area contributed by atoms with Crippen molar-refractivity contribution >= 4 is 10.0 Å². The molecule has 0 amide bonds. The van der Waals surface area contributed by atoms with Gasteiger partial charge in [0.25, 0.3) is 0 Å². The molecule has 0 aromatic heterocycles. The van der Waals surface area contributed by atoms with Crippen molar-refractivity contribution in [2.45, 2.75) is 55.9 Å². The van der Waals surface area contributed by atoms with E-state index in [1.165, 1.54) is 32.1 Å². The molecule has 6 heteroatoms. The fraction of sp³-hybridized carbons (Fsp3) is 0.700. The molecule has 1 aromatic rings. The van der Waals surface area contributed by atoms with Crippen molar-refractivity contribution in [2.24, 2.45) is 5.92 Å². The molecule has 0 unspecified atom stereocenters. The van der Waals surface area contributed by atoms with Gasteiger partial charge in [0, 0.05) is 13.1 Å². The van der Waals surface area contributed by atoms with E-state index in [4.69, 9.17) is 4.74 Å². The van der Waals surface area contributed by atoms with Gasteiger partial charge in [-0.15, -0.1) is 0 Å². The topological polar surface area (TPSA) is 49.9 Å². The first-order chi connectivity index (χ1) is 12.5. The zero-order chi connectivity index (χ0) is 18.6. The van der Waals surface area contributed by atoms with Crippen molar-refractivity contribution in [3.63, 3.8) is 0 Å². The van der Waals surface area contributed by atoms with E-state index in [1.54, 1.807) is 35.6 Å². The predicted molar refractivity (Wildman–Crippen MR) is 104 cm³/mol. The smallest absolute Gasteiger partial charge is 0.243 e. The molecule has 1 aliphatic heterocycles. The van der Waals surface area contributed by atoms with Crippen LogP contribution in [0.1, 0.15) is 44.9 Å². The third-order valence-corrected chi connectivity index (χ3v) is 7.84. The second kappa shape index (κ2) is 8.72. The Bertz CT molecular complexity index is 661. The van der Waals surface area contributed by atoms with Crippen LogP contribution in [0.3, 0.4) is 0 Å². The molecule has 1 aliphatic carbocycles. The zero-order valence-electron chi connectivity index (χ0n) is 16.1. The van der Waals surface area contributed by atoms with Crippen molar-refractivity contribution < 1.29 is 13.2 Å². The van der Waals surface area contributed by atoms with Gasteiger partial charge in [-0.3, -0.25) is 0 Å². The summed E-state index contributed by atoms with van der Waals surface area (Å²) >= 11 is 0. The highest BCUT2D eigenvalue weighted by Gasteiger charge is 2.30. The summed E-state index contributed by atoms with van der Waals surface area (Å²) in [6, 6.07) is 7.02. The summed E-state index contributed by atoms with van der Waals surface area (Å²) in [7, 11) is 0.338. The molecule has 0 atom stereocenters. The maximum atomic E-state index is 12.9. The van der Waals surface area contributed by atoms with Crippen molar-refractivity contribution in [2.75, 3.05) is 33.8 Å². The van der Waals surface area contributed by atoms with Crippen LogP contribution in [0.5, 0.6) is 5.75 Å². The molecule has 146 valence electrons. The first-order valence-corrected chi connectivity index (χ1v) is 11.3. The lowest BCUT2D eigenvalue weighted by Crippen LogP contribution is -2.44. The minimum absolute atomic E-state index is 0.0819. The van der Waals surface area contributed by atoms with Crippen LogP contribution >= 0.6 is 0 Å². The number of piperidine rings is 1. The van der Waals surface area contributed by atoms with Gasteiger partial charge < -0.3 is 9.64 Å². The molecule has 0 N–H and O–H groups in total. The second-order valence-corrected chi connectivity index (χ2v) is 9.84. The van der Waals surface area contributed by atoms with E-state index >= 15 is 0 Å². The lowest BCUT2D eigenvalue weighted by Gasteiger charge is -2.34. The van der Waals surface area contributed by atoms with Crippen LogP contribution in [0.4, 0.5) is 0 Å². The molecule has 1 heterocycles. The Morgan fingerprint density at radius 1 is 1.04 bits per heavy atom. The number of ether oxygens (including phenoxy) is 1. The first-order valence-electron chi connectivity index (χ1n) is 9.86. The fourth-order valence-electron chi connectivity index (χ4n) is 4.00. The zero-order valence-corrected chi connectivity index (χ0v) is 16.9. The van der Waals surface area contributed by atoms with Gasteiger partial charge in [0.2, 0.25) is 10.0 Å². The SMILES string of the molecule is CN1CCC(N(C)S(=O)(=O)c2ccc(OCC3CCCCC3)cc2)CC1. The molecule has 1 aromatic carbocycles. The van der Waals surface area contributed by atoms with Crippen molar-refractivity contribution in [3.05, 3.63) is 24.3 Å². The van der Waals surface area contributed by atoms with E-state index in [1.807, 2.05) is 0 Å². The van der Waals surface area contributed by atoms with Crippen molar-refractivity contribution in [3.8, 4) is 5.75 Å². The Kier molecular flexibility index (Phi) is 6.59. The minimum Gasteiger partial charge on any atom is -0.493 e. The van der Waals surface area contributed by atoms with Crippen LogP contribution in [-0.4, -0.2) is 57.5 Å². The monoisotopic (exact) mass is 380 g/mol. The molecular weight excluding hydrogens is 348 g/mol. The molecule has 26 heavy (non-hydrogen) atoms. The van der Waals surface area contributed by atoms with Crippen LogP contribution in [0, 0.1) is 5.92 Å². The number of sulfonamides is 1. The van der Waals surface area contributed by atoms with Gasteiger partial charge in [-0.2, -0.15) is 4.31 Å². The summed E-state index contributed by atoms with van der Waals surface area (Å²) in [6.45, 7) is 2.62. The number of hydrogen-bond donors (Lipinski definition) is 0. The molecule has 2 aliphatic rings. The van der Waals surface area contributed by atoms with E-state index in [9.17, 15) is 8.42 Å². The maximum absolute atomic E-state index is 12.9. The predicted octanol–water partition coefficient (Wildman–Crippen LogP) is 3.36. The average Bonchev–Trinajstić information content (AvgIpc) is 2.67.